The van der Waals surface area contributed by atoms with Crippen molar-refractivity contribution in [1.82, 2.24) is 14.7 Å². The fourth-order valence-corrected chi connectivity index (χ4v) is 5.57. The first-order chi connectivity index (χ1) is 16.0. The van der Waals surface area contributed by atoms with Crippen LogP contribution in [0.2, 0.25) is 0 Å². The number of amides is 3. The predicted molar refractivity (Wildman–Crippen MR) is 121 cm³/mol. The van der Waals surface area contributed by atoms with Gasteiger partial charge >= 0.3 is 0 Å². The number of hydrogen-bond acceptors (Lipinski definition) is 5. The molecule has 0 N–H and O–H groups in total. The SMILES string of the molecule is COc1ccc(C(=O)N2[C@@H](C(=O)N3CCCC3)COC23CCN(C(=O)C2CCC2)CC3)cc1. The van der Waals surface area contributed by atoms with Gasteiger partial charge in [-0.05, 0) is 49.9 Å². The van der Waals surface area contributed by atoms with Gasteiger partial charge in [0, 0.05) is 50.5 Å². The molecule has 1 atom stereocenters. The summed E-state index contributed by atoms with van der Waals surface area (Å²) in [6, 6.07) is 6.36. The zero-order chi connectivity index (χ0) is 23.0. The van der Waals surface area contributed by atoms with Crippen LogP contribution >= 0.6 is 0 Å². The van der Waals surface area contributed by atoms with E-state index < -0.39 is 11.8 Å². The molecular weight excluding hydrogens is 422 g/mol. The van der Waals surface area contributed by atoms with Gasteiger partial charge in [-0.3, -0.25) is 19.3 Å². The van der Waals surface area contributed by atoms with Crippen LogP contribution in [0, 0.1) is 5.92 Å². The Labute approximate surface area is 194 Å². The maximum atomic E-state index is 13.8. The van der Waals surface area contributed by atoms with E-state index in [9.17, 15) is 14.4 Å². The minimum Gasteiger partial charge on any atom is -0.497 e. The highest BCUT2D eigenvalue weighted by Crippen LogP contribution is 2.40. The number of benzene rings is 1. The molecular formula is C25H33N3O5. The van der Waals surface area contributed by atoms with Crippen molar-refractivity contribution < 1.29 is 23.9 Å². The van der Waals surface area contributed by atoms with Gasteiger partial charge in [0.25, 0.3) is 5.91 Å². The average molecular weight is 456 g/mol. The molecule has 1 aromatic carbocycles. The molecule has 4 fully saturated rings. The number of nitrogens with zero attached hydrogens (tertiary/aromatic N) is 3. The summed E-state index contributed by atoms with van der Waals surface area (Å²) in [6.07, 6.45) is 6.12. The van der Waals surface area contributed by atoms with Crippen molar-refractivity contribution in [1.29, 1.82) is 0 Å². The molecule has 0 unspecified atom stereocenters. The van der Waals surface area contributed by atoms with Gasteiger partial charge < -0.3 is 19.3 Å². The lowest BCUT2D eigenvalue weighted by atomic mass is 9.83. The third kappa shape index (κ3) is 3.98. The molecule has 1 saturated carbocycles. The van der Waals surface area contributed by atoms with E-state index in [1.165, 1.54) is 0 Å². The molecule has 4 aliphatic rings. The minimum absolute atomic E-state index is 0.0285. The van der Waals surface area contributed by atoms with E-state index in [2.05, 4.69) is 0 Å². The quantitative estimate of drug-likeness (QED) is 0.696. The first-order valence-electron chi connectivity index (χ1n) is 12.2. The molecule has 3 heterocycles. The molecule has 1 aromatic rings. The molecule has 5 rings (SSSR count). The summed E-state index contributed by atoms with van der Waals surface area (Å²) in [6.45, 7) is 2.76. The molecule has 3 aliphatic heterocycles. The first-order valence-corrected chi connectivity index (χ1v) is 12.2. The van der Waals surface area contributed by atoms with Gasteiger partial charge in [-0.1, -0.05) is 6.42 Å². The first kappa shape index (κ1) is 22.2. The van der Waals surface area contributed by atoms with Crippen LogP contribution in [0.15, 0.2) is 24.3 Å². The van der Waals surface area contributed by atoms with Crippen molar-refractivity contribution in [2.45, 2.75) is 56.7 Å². The van der Waals surface area contributed by atoms with E-state index in [0.29, 0.717) is 37.2 Å². The fourth-order valence-electron chi connectivity index (χ4n) is 5.57. The molecule has 3 saturated heterocycles. The van der Waals surface area contributed by atoms with E-state index in [1.807, 2.05) is 9.80 Å². The molecule has 33 heavy (non-hydrogen) atoms. The van der Waals surface area contributed by atoms with Crippen LogP contribution in [0.5, 0.6) is 5.75 Å². The van der Waals surface area contributed by atoms with E-state index in [1.54, 1.807) is 36.3 Å². The number of ether oxygens (including phenoxy) is 2. The van der Waals surface area contributed by atoms with Gasteiger partial charge in [-0.15, -0.1) is 0 Å². The Kier molecular flexibility index (Phi) is 6.03. The van der Waals surface area contributed by atoms with Crippen LogP contribution in [0.3, 0.4) is 0 Å². The lowest BCUT2D eigenvalue weighted by molar-refractivity contribution is -0.150. The van der Waals surface area contributed by atoms with Crippen molar-refractivity contribution in [2.24, 2.45) is 5.92 Å². The van der Waals surface area contributed by atoms with Crippen molar-refractivity contribution >= 4 is 17.7 Å². The van der Waals surface area contributed by atoms with Gasteiger partial charge in [0.05, 0.1) is 13.7 Å². The second-order valence-corrected chi connectivity index (χ2v) is 9.66. The molecule has 8 heteroatoms. The molecule has 1 aliphatic carbocycles. The Balaban J connectivity index is 1.39. The Hall–Kier alpha value is -2.61. The predicted octanol–water partition coefficient (Wildman–Crippen LogP) is 2.28. The highest BCUT2D eigenvalue weighted by Gasteiger charge is 2.55. The summed E-state index contributed by atoms with van der Waals surface area (Å²) in [5, 5.41) is 0. The van der Waals surface area contributed by atoms with E-state index in [0.717, 1.165) is 45.2 Å². The van der Waals surface area contributed by atoms with Crippen LogP contribution in [0.1, 0.15) is 55.3 Å². The lowest BCUT2D eigenvalue weighted by Gasteiger charge is -2.45. The summed E-state index contributed by atoms with van der Waals surface area (Å²) >= 11 is 0. The second kappa shape index (κ2) is 8.97. The van der Waals surface area contributed by atoms with Crippen LogP contribution in [-0.2, 0) is 14.3 Å². The van der Waals surface area contributed by atoms with Gasteiger partial charge in [-0.2, -0.15) is 0 Å². The second-order valence-electron chi connectivity index (χ2n) is 9.66. The van der Waals surface area contributed by atoms with E-state index in [4.69, 9.17) is 9.47 Å². The Morgan fingerprint density at radius 1 is 0.909 bits per heavy atom. The van der Waals surface area contributed by atoms with Crippen LogP contribution in [0.4, 0.5) is 0 Å². The fraction of sp³-hybridized carbons (Fsp3) is 0.640. The summed E-state index contributed by atoms with van der Waals surface area (Å²) in [7, 11) is 1.59. The molecule has 0 aromatic heterocycles. The largest absolute Gasteiger partial charge is 0.497 e. The van der Waals surface area contributed by atoms with Crippen LogP contribution < -0.4 is 4.74 Å². The van der Waals surface area contributed by atoms with Crippen molar-refractivity contribution in [3.8, 4) is 5.75 Å². The molecule has 178 valence electrons. The lowest BCUT2D eigenvalue weighted by Crippen LogP contribution is -2.60. The maximum absolute atomic E-state index is 13.8. The van der Waals surface area contributed by atoms with E-state index >= 15 is 0 Å². The number of carbonyl (C=O) groups excluding carboxylic acids is 3. The molecule has 8 nitrogen and oxygen atoms in total. The van der Waals surface area contributed by atoms with Crippen molar-refractivity contribution in [3.63, 3.8) is 0 Å². The van der Waals surface area contributed by atoms with Crippen LogP contribution in [-0.4, -0.2) is 84.1 Å². The molecule has 3 amide bonds. The summed E-state index contributed by atoms with van der Waals surface area (Å²) in [4.78, 5) is 45.4. The maximum Gasteiger partial charge on any atom is 0.256 e. The van der Waals surface area contributed by atoms with Crippen molar-refractivity contribution in [3.05, 3.63) is 29.8 Å². The summed E-state index contributed by atoms with van der Waals surface area (Å²) in [5.41, 5.74) is -0.346. The Bertz CT molecular complexity index is 899. The topological polar surface area (TPSA) is 79.4 Å². The number of hydrogen-bond donors (Lipinski definition) is 0. The molecule has 0 bridgehead atoms. The zero-order valence-corrected chi connectivity index (χ0v) is 19.3. The number of piperidine rings is 1. The normalized spacial score (nSPS) is 24.8. The summed E-state index contributed by atoms with van der Waals surface area (Å²) < 4.78 is 11.5. The number of rotatable bonds is 4. The Morgan fingerprint density at radius 2 is 1.55 bits per heavy atom. The standard InChI is InChI=1S/C25H33N3O5/c1-32-20-9-7-19(8-10-20)23(30)28-21(24(31)26-13-2-3-14-26)17-33-25(28)11-15-27(16-12-25)22(29)18-5-4-6-18/h7-10,18,21H,2-6,11-17H2,1H3/t21-/m1/s1. The van der Waals surface area contributed by atoms with Crippen molar-refractivity contribution in [2.75, 3.05) is 39.9 Å². The average Bonchev–Trinajstić information content (AvgIpc) is 3.46. The molecule has 0 radical (unpaired) electrons. The van der Waals surface area contributed by atoms with Crippen LogP contribution in [0.25, 0.3) is 0 Å². The number of likely N-dealkylation sites (tertiary alicyclic amines) is 2. The summed E-state index contributed by atoms with van der Waals surface area (Å²) in [5.74, 6) is 0.828. The van der Waals surface area contributed by atoms with Gasteiger partial charge in [0.15, 0.2) is 0 Å². The van der Waals surface area contributed by atoms with Gasteiger partial charge in [0.1, 0.15) is 17.5 Å². The monoisotopic (exact) mass is 455 g/mol. The minimum atomic E-state index is -0.854. The smallest absolute Gasteiger partial charge is 0.256 e. The van der Waals surface area contributed by atoms with Gasteiger partial charge in [-0.25, -0.2) is 0 Å². The number of carbonyl (C=O) groups is 3. The molecule has 1 spiro atoms. The Morgan fingerprint density at radius 3 is 2.12 bits per heavy atom. The third-order valence-corrected chi connectivity index (χ3v) is 7.83. The van der Waals surface area contributed by atoms with E-state index in [-0.39, 0.29) is 30.2 Å². The zero-order valence-electron chi connectivity index (χ0n) is 19.3. The highest BCUT2D eigenvalue weighted by atomic mass is 16.5. The van der Waals surface area contributed by atoms with Gasteiger partial charge in [0.2, 0.25) is 11.8 Å². The highest BCUT2D eigenvalue weighted by molar-refractivity contribution is 5.98. The third-order valence-electron chi connectivity index (χ3n) is 7.83. The number of methoxy groups -OCH3 is 1.